The third-order valence-electron chi connectivity index (χ3n) is 4.58. The fourth-order valence-corrected chi connectivity index (χ4v) is 3.38. The van der Waals surface area contributed by atoms with Gasteiger partial charge in [-0.3, -0.25) is 0 Å². The Morgan fingerprint density at radius 2 is 1.96 bits per heavy atom. The molecule has 2 heterocycles. The Kier molecular flexibility index (Phi) is 4.55. The number of nitrogen functional groups attached to an aromatic ring is 1. The molecule has 1 aliphatic heterocycles. The van der Waals surface area contributed by atoms with E-state index in [1.807, 2.05) is 19.0 Å². The second-order valence-corrected chi connectivity index (χ2v) is 6.91. The minimum Gasteiger partial charge on any atom is -0.368 e. The van der Waals surface area contributed by atoms with Gasteiger partial charge in [-0.15, -0.1) is 0 Å². The Morgan fingerprint density at radius 1 is 1.21 bits per heavy atom. The molecule has 128 valence electrons. The number of para-hydroxylation sites is 1. The van der Waals surface area contributed by atoms with Crippen molar-refractivity contribution in [3.05, 3.63) is 35.7 Å². The molecule has 1 aromatic carbocycles. The van der Waals surface area contributed by atoms with Gasteiger partial charge in [-0.05, 0) is 30.4 Å². The summed E-state index contributed by atoms with van der Waals surface area (Å²) in [5.41, 5.74) is 8.56. The van der Waals surface area contributed by atoms with E-state index in [1.54, 1.807) is 0 Å². The van der Waals surface area contributed by atoms with Gasteiger partial charge >= 0.3 is 0 Å². The molecule has 0 fully saturated rings. The van der Waals surface area contributed by atoms with Crippen molar-refractivity contribution < 1.29 is 0 Å². The highest BCUT2D eigenvalue weighted by Crippen LogP contribution is 2.34. The summed E-state index contributed by atoms with van der Waals surface area (Å²) in [4.78, 5) is 17.4. The molecule has 0 saturated carbocycles. The first-order chi connectivity index (χ1) is 11.5. The summed E-state index contributed by atoms with van der Waals surface area (Å²) < 4.78 is 0. The zero-order valence-corrected chi connectivity index (χ0v) is 14.9. The number of fused-ring (bicyclic) bond motifs is 1. The van der Waals surface area contributed by atoms with Gasteiger partial charge in [0.25, 0.3) is 0 Å². The average molecular weight is 326 g/mol. The Balaban J connectivity index is 1.97. The smallest absolute Gasteiger partial charge is 0.229 e. The molecule has 1 aliphatic rings. The van der Waals surface area contributed by atoms with E-state index >= 15 is 0 Å². The maximum absolute atomic E-state index is 5.88. The highest BCUT2D eigenvalue weighted by Gasteiger charge is 2.29. The predicted octanol–water partition coefficient (Wildman–Crippen LogP) is 2.50. The van der Waals surface area contributed by atoms with E-state index in [4.69, 9.17) is 5.73 Å². The van der Waals surface area contributed by atoms with Gasteiger partial charge in [0.1, 0.15) is 0 Å². The van der Waals surface area contributed by atoms with Crippen LogP contribution in [0.3, 0.4) is 0 Å². The highest BCUT2D eigenvalue weighted by molar-refractivity contribution is 5.56. The average Bonchev–Trinajstić information content (AvgIpc) is 2.54. The fraction of sp³-hybridized carbons (Fsp3) is 0.500. The topological polar surface area (TPSA) is 71.2 Å². The van der Waals surface area contributed by atoms with Gasteiger partial charge in [0.15, 0.2) is 5.82 Å². The maximum atomic E-state index is 5.88. The minimum atomic E-state index is 0.273. The van der Waals surface area contributed by atoms with Gasteiger partial charge in [-0.1, -0.05) is 32.0 Å². The van der Waals surface area contributed by atoms with Crippen LogP contribution in [-0.4, -0.2) is 35.1 Å². The second kappa shape index (κ2) is 6.63. The Labute approximate surface area is 143 Å². The number of aromatic nitrogens is 3. The van der Waals surface area contributed by atoms with Crippen molar-refractivity contribution >= 4 is 17.6 Å². The van der Waals surface area contributed by atoms with Crippen molar-refractivity contribution in [2.45, 2.75) is 39.3 Å². The van der Waals surface area contributed by atoms with Crippen molar-refractivity contribution in [2.24, 2.45) is 5.92 Å². The second-order valence-electron chi connectivity index (χ2n) is 6.91. The number of nitrogens with zero attached hydrogens (tertiary/aromatic N) is 5. The molecule has 0 amide bonds. The number of nitrogens with two attached hydrogens (primary N) is 1. The standard InChI is InChI=1S/C18H26N6/c1-12(2)14-10-9-13-7-5-6-8-15(13)24(14)11-16-20-17(19)22-18(21-16)23(3)4/h5-8,12,14H,9-11H2,1-4H3,(H2,19,20,21,22). The summed E-state index contributed by atoms with van der Waals surface area (Å²) in [6, 6.07) is 9.09. The molecule has 0 radical (unpaired) electrons. The predicted molar refractivity (Wildman–Crippen MR) is 98.1 cm³/mol. The summed E-state index contributed by atoms with van der Waals surface area (Å²) >= 11 is 0. The van der Waals surface area contributed by atoms with Gasteiger partial charge in [0, 0.05) is 25.8 Å². The fourth-order valence-electron chi connectivity index (χ4n) is 3.38. The molecule has 2 aromatic rings. The molecule has 6 nitrogen and oxygen atoms in total. The number of rotatable bonds is 4. The minimum absolute atomic E-state index is 0.273. The van der Waals surface area contributed by atoms with Gasteiger partial charge < -0.3 is 15.5 Å². The lowest BCUT2D eigenvalue weighted by atomic mass is 9.89. The number of hydrogen-bond donors (Lipinski definition) is 1. The number of anilines is 3. The zero-order chi connectivity index (χ0) is 17.3. The molecule has 3 rings (SSSR count). The Bertz CT molecular complexity index is 712. The lowest BCUT2D eigenvalue weighted by Crippen LogP contribution is -2.42. The lowest BCUT2D eigenvalue weighted by molar-refractivity contribution is 0.409. The van der Waals surface area contributed by atoms with Crippen LogP contribution < -0.4 is 15.5 Å². The van der Waals surface area contributed by atoms with E-state index < -0.39 is 0 Å². The monoisotopic (exact) mass is 326 g/mol. The molecule has 6 heteroatoms. The molecule has 0 spiro atoms. The summed E-state index contributed by atoms with van der Waals surface area (Å²) in [5, 5.41) is 0. The van der Waals surface area contributed by atoms with Crippen LogP contribution in [0.25, 0.3) is 0 Å². The lowest BCUT2D eigenvalue weighted by Gasteiger charge is -2.40. The van der Waals surface area contributed by atoms with Crippen LogP contribution in [0.5, 0.6) is 0 Å². The molecule has 0 bridgehead atoms. The molecule has 1 aromatic heterocycles. The van der Waals surface area contributed by atoms with Crippen LogP contribution in [0.2, 0.25) is 0 Å². The van der Waals surface area contributed by atoms with Gasteiger partial charge in [0.05, 0.1) is 6.54 Å². The first kappa shape index (κ1) is 16.5. The summed E-state index contributed by atoms with van der Waals surface area (Å²) in [6.45, 7) is 5.20. The van der Waals surface area contributed by atoms with Gasteiger partial charge in [0.2, 0.25) is 11.9 Å². The molecule has 2 N–H and O–H groups in total. The quantitative estimate of drug-likeness (QED) is 0.931. The first-order valence-corrected chi connectivity index (χ1v) is 8.48. The molecule has 0 saturated heterocycles. The van der Waals surface area contributed by atoms with Crippen molar-refractivity contribution in [3.63, 3.8) is 0 Å². The van der Waals surface area contributed by atoms with Crippen LogP contribution in [0.1, 0.15) is 31.7 Å². The highest BCUT2D eigenvalue weighted by atomic mass is 15.3. The van der Waals surface area contributed by atoms with Gasteiger partial charge in [-0.25, -0.2) is 0 Å². The van der Waals surface area contributed by atoms with E-state index in [0.29, 0.717) is 30.3 Å². The Morgan fingerprint density at radius 3 is 2.67 bits per heavy atom. The number of aryl methyl sites for hydroxylation is 1. The van der Waals surface area contributed by atoms with E-state index in [0.717, 1.165) is 12.8 Å². The van der Waals surface area contributed by atoms with E-state index in [-0.39, 0.29) is 5.95 Å². The molecule has 1 unspecified atom stereocenters. The van der Waals surface area contributed by atoms with Crippen molar-refractivity contribution in [2.75, 3.05) is 29.6 Å². The SMILES string of the molecule is CC(C)C1CCc2ccccc2N1Cc1nc(N)nc(N(C)C)n1. The first-order valence-electron chi connectivity index (χ1n) is 8.48. The van der Waals surface area contributed by atoms with E-state index in [1.165, 1.54) is 11.3 Å². The molecular weight excluding hydrogens is 300 g/mol. The third kappa shape index (κ3) is 3.27. The number of hydrogen-bond acceptors (Lipinski definition) is 6. The van der Waals surface area contributed by atoms with Crippen molar-refractivity contribution in [3.8, 4) is 0 Å². The van der Waals surface area contributed by atoms with Gasteiger partial charge in [-0.2, -0.15) is 15.0 Å². The number of benzene rings is 1. The van der Waals surface area contributed by atoms with Crippen LogP contribution in [0, 0.1) is 5.92 Å². The summed E-state index contributed by atoms with van der Waals surface area (Å²) in [5.74, 6) is 2.15. The third-order valence-corrected chi connectivity index (χ3v) is 4.58. The van der Waals surface area contributed by atoms with Crippen LogP contribution in [0.15, 0.2) is 24.3 Å². The van der Waals surface area contributed by atoms with Crippen LogP contribution in [-0.2, 0) is 13.0 Å². The normalized spacial score (nSPS) is 17.0. The zero-order valence-electron chi connectivity index (χ0n) is 14.9. The van der Waals surface area contributed by atoms with Crippen LogP contribution in [0.4, 0.5) is 17.6 Å². The van der Waals surface area contributed by atoms with Crippen LogP contribution >= 0.6 is 0 Å². The molecular formula is C18H26N6. The summed E-state index contributed by atoms with van der Waals surface area (Å²) in [7, 11) is 3.82. The van der Waals surface area contributed by atoms with E-state index in [9.17, 15) is 0 Å². The van der Waals surface area contributed by atoms with Crippen molar-refractivity contribution in [1.29, 1.82) is 0 Å². The summed E-state index contributed by atoms with van der Waals surface area (Å²) in [6.07, 6.45) is 2.27. The molecule has 0 aliphatic carbocycles. The maximum Gasteiger partial charge on any atom is 0.229 e. The Hall–Kier alpha value is -2.37. The molecule has 1 atom stereocenters. The molecule has 24 heavy (non-hydrogen) atoms. The van der Waals surface area contributed by atoms with E-state index in [2.05, 4.69) is 58.0 Å². The van der Waals surface area contributed by atoms with Crippen molar-refractivity contribution in [1.82, 2.24) is 15.0 Å². The largest absolute Gasteiger partial charge is 0.368 e.